The van der Waals surface area contributed by atoms with E-state index in [-0.39, 0.29) is 5.41 Å². The Morgan fingerprint density at radius 2 is 0.841 bits per heavy atom. The predicted molar refractivity (Wildman–Crippen MR) is 290 cm³/mol. The topological polar surface area (TPSA) is 6.48 Å². The van der Waals surface area contributed by atoms with Crippen LogP contribution >= 0.6 is 11.3 Å². The van der Waals surface area contributed by atoms with Crippen molar-refractivity contribution in [3.8, 4) is 44.5 Å². The summed E-state index contributed by atoms with van der Waals surface area (Å²) in [7, 11) is 0. The summed E-state index contributed by atoms with van der Waals surface area (Å²) in [5.41, 5.74) is 23.0. The Balaban J connectivity index is 1.03. The minimum Gasteiger partial charge on any atom is -0.310 e. The van der Waals surface area contributed by atoms with Crippen LogP contribution in [0.25, 0.3) is 54.6 Å². The van der Waals surface area contributed by atoms with Crippen LogP contribution in [0, 0.1) is 0 Å². The molecule has 2 nitrogen and oxygen atoms in total. The highest BCUT2D eigenvalue weighted by Crippen LogP contribution is 2.68. The van der Waals surface area contributed by atoms with E-state index in [2.05, 4.69) is 266 Å². The molecule has 0 saturated carbocycles. The highest BCUT2D eigenvalue weighted by atomic mass is 32.1. The van der Waals surface area contributed by atoms with Gasteiger partial charge in [-0.15, -0.1) is 11.3 Å². The van der Waals surface area contributed by atoms with Gasteiger partial charge in [0.15, 0.2) is 0 Å². The molecule has 0 aliphatic heterocycles. The van der Waals surface area contributed by atoms with Crippen molar-refractivity contribution in [2.24, 2.45) is 0 Å². The molecule has 3 aliphatic rings. The van der Waals surface area contributed by atoms with Crippen LogP contribution in [0.15, 0.2) is 243 Å². The quantitative estimate of drug-likeness (QED) is 0.157. The Kier molecular flexibility index (Phi) is 8.75. The van der Waals surface area contributed by atoms with Crippen molar-refractivity contribution < 1.29 is 0 Å². The second kappa shape index (κ2) is 15.1. The molecule has 0 radical (unpaired) electrons. The first-order valence-corrected chi connectivity index (χ1v) is 24.8. The van der Waals surface area contributed by atoms with E-state index in [0.717, 1.165) is 28.4 Å². The number of anilines is 6. The molecular formula is C66H46N2S. The zero-order chi connectivity index (χ0) is 45.8. The molecule has 11 aromatic rings. The highest BCUT2D eigenvalue weighted by molar-refractivity contribution is 7.20. The predicted octanol–water partition coefficient (Wildman–Crippen LogP) is 18.2. The standard InChI is InChI=1S/C66H46N2S/c1-65(2)55-28-15-12-25-50(55)51-39-37-48(41-58(51)65)67(47-35-33-44(34-36-47)43-19-6-3-7-20-43)49-38-40-53-59(42-49)66(64-62(53)54-27-14-17-32-61(54)69-64)56-29-16-13-26-52(56)63-57(66)30-18-31-60(63)68(45-21-8-4-9-22-45)46-23-10-5-11-24-46/h3-42H,1-2H3. The summed E-state index contributed by atoms with van der Waals surface area (Å²) >= 11 is 1.96. The summed E-state index contributed by atoms with van der Waals surface area (Å²) in [5.74, 6) is 0. The molecule has 14 rings (SSSR count). The molecule has 10 aromatic carbocycles. The SMILES string of the molecule is CC1(C)c2ccccc2-c2ccc(N(c3ccc(-c4ccccc4)cc3)c3ccc4c(c3)C3(c5ccccc5-c5c(N(c6ccccc6)c6ccccc6)cccc53)c3sc5ccccc5c3-4)cc21. The molecule has 1 unspecified atom stereocenters. The van der Waals surface area contributed by atoms with Crippen LogP contribution in [0.4, 0.5) is 34.1 Å². The van der Waals surface area contributed by atoms with Gasteiger partial charge in [0, 0.05) is 59.9 Å². The van der Waals surface area contributed by atoms with Crippen molar-refractivity contribution in [3.05, 3.63) is 275 Å². The minimum atomic E-state index is -0.574. The molecule has 0 N–H and O–H groups in total. The smallest absolute Gasteiger partial charge is 0.0821 e. The maximum atomic E-state index is 2.54. The Morgan fingerprint density at radius 3 is 1.57 bits per heavy atom. The number of nitrogens with zero attached hydrogens (tertiary/aromatic N) is 2. The average molecular weight is 899 g/mol. The third-order valence-electron chi connectivity index (χ3n) is 15.2. The monoisotopic (exact) mass is 898 g/mol. The first-order valence-electron chi connectivity index (χ1n) is 24.0. The van der Waals surface area contributed by atoms with Gasteiger partial charge >= 0.3 is 0 Å². The van der Waals surface area contributed by atoms with Crippen molar-refractivity contribution in [2.75, 3.05) is 9.80 Å². The number of hydrogen-bond donors (Lipinski definition) is 0. The third-order valence-corrected chi connectivity index (χ3v) is 16.5. The van der Waals surface area contributed by atoms with Crippen LogP contribution in [0.2, 0.25) is 0 Å². The van der Waals surface area contributed by atoms with E-state index in [9.17, 15) is 0 Å². The molecule has 1 heterocycles. The number of rotatable bonds is 7. The maximum absolute atomic E-state index is 2.54. The van der Waals surface area contributed by atoms with Crippen LogP contribution in [0.1, 0.15) is 46.5 Å². The van der Waals surface area contributed by atoms with Crippen LogP contribution < -0.4 is 9.80 Å². The summed E-state index contributed by atoms with van der Waals surface area (Å²) in [4.78, 5) is 6.33. The lowest BCUT2D eigenvalue weighted by Gasteiger charge is -2.32. The Labute approximate surface area is 407 Å². The van der Waals surface area contributed by atoms with E-state index >= 15 is 0 Å². The van der Waals surface area contributed by atoms with Gasteiger partial charge in [-0.05, 0) is 134 Å². The van der Waals surface area contributed by atoms with Crippen LogP contribution in [0.3, 0.4) is 0 Å². The van der Waals surface area contributed by atoms with Gasteiger partial charge in [0.2, 0.25) is 0 Å². The summed E-state index contributed by atoms with van der Waals surface area (Å²) < 4.78 is 1.32. The van der Waals surface area contributed by atoms with E-state index in [1.54, 1.807) is 0 Å². The van der Waals surface area contributed by atoms with Crippen molar-refractivity contribution in [2.45, 2.75) is 24.7 Å². The molecule has 3 aliphatic carbocycles. The number of hydrogen-bond acceptors (Lipinski definition) is 3. The number of benzene rings is 10. The van der Waals surface area contributed by atoms with Crippen LogP contribution in [-0.4, -0.2) is 0 Å². The molecule has 1 spiro atoms. The summed E-state index contributed by atoms with van der Waals surface area (Å²) in [5, 5.41) is 1.31. The first-order chi connectivity index (χ1) is 34.0. The van der Waals surface area contributed by atoms with Gasteiger partial charge in [-0.2, -0.15) is 0 Å². The average Bonchev–Trinajstić information content (AvgIpc) is 4.09. The minimum absolute atomic E-state index is 0.148. The highest BCUT2D eigenvalue weighted by Gasteiger charge is 2.54. The largest absolute Gasteiger partial charge is 0.310 e. The van der Waals surface area contributed by atoms with Crippen molar-refractivity contribution >= 4 is 55.5 Å². The molecule has 1 aromatic heterocycles. The van der Waals surface area contributed by atoms with Gasteiger partial charge in [0.05, 0.1) is 11.1 Å². The van der Waals surface area contributed by atoms with E-state index in [4.69, 9.17) is 0 Å². The second-order valence-corrected chi connectivity index (χ2v) is 20.2. The zero-order valence-corrected chi connectivity index (χ0v) is 39.2. The number of thiophene rings is 1. The van der Waals surface area contributed by atoms with E-state index in [0.29, 0.717) is 0 Å². The fraction of sp³-hybridized carbons (Fsp3) is 0.0606. The van der Waals surface area contributed by atoms with E-state index < -0.39 is 5.41 Å². The normalized spacial score (nSPS) is 15.3. The molecule has 0 saturated heterocycles. The van der Waals surface area contributed by atoms with Crippen molar-refractivity contribution in [1.82, 2.24) is 0 Å². The number of fused-ring (bicyclic) bond motifs is 15. The molecule has 0 amide bonds. The molecule has 0 fully saturated rings. The molecule has 1 atom stereocenters. The van der Waals surface area contributed by atoms with Gasteiger partial charge < -0.3 is 9.80 Å². The van der Waals surface area contributed by atoms with Crippen molar-refractivity contribution in [3.63, 3.8) is 0 Å². The zero-order valence-electron chi connectivity index (χ0n) is 38.4. The Bertz CT molecular complexity index is 3770. The molecule has 3 heteroatoms. The van der Waals surface area contributed by atoms with Gasteiger partial charge in [0.25, 0.3) is 0 Å². The van der Waals surface area contributed by atoms with E-state index in [1.165, 1.54) is 93.0 Å². The maximum Gasteiger partial charge on any atom is 0.0821 e. The van der Waals surface area contributed by atoms with Crippen LogP contribution in [0.5, 0.6) is 0 Å². The van der Waals surface area contributed by atoms with Crippen LogP contribution in [-0.2, 0) is 10.8 Å². The van der Waals surface area contributed by atoms with Crippen molar-refractivity contribution in [1.29, 1.82) is 0 Å². The molecule has 0 bridgehead atoms. The van der Waals surface area contributed by atoms with Gasteiger partial charge in [0.1, 0.15) is 0 Å². The molecule has 69 heavy (non-hydrogen) atoms. The Morgan fingerprint density at radius 1 is 0.333 bits per heavy atom. The summed E-state index contributed by atoms with van der Waals surface area (Å²) in [6.07, 6.45) is 0. The Hall–Kier alpha value is -8.24. The van der Waals surface area contributed by atoms with Gasteiger partial charge in [-0.1, -0.05) is 184 Å². The fourth-order valence-corrected chi connectivity index (χ4v) is 13.7. The summed E-state index contributed by atoms with van der Waals surface area (Å²) in [6.45, 7) is 4.75. The first kappa shape index (κ1) is 39.9. The fourth-order valence-electron chi connectivity index (χ4n) is 12.2. The lowest BCUT2D eigenvalue weighted by atomic mass is 9.73. The second-order valence-electron chi connectivity index (χ2n) is 19.2. The summed E-state index contributed by atoms with van der Waals surface area (Å²) in [6, 6.07) is 90.3. The molecule has 326 valence electrons. The number of para-hydroxylation sites is 2. The van der Waals surface area contributed by atoms with E-state index in [1.807, 2.05) is 11.3 Å². The molecular weight excluding hydrogens is 853 g/mol. The third kappa shape index (κ3) is 5.72. The lowest BCUT2D eigenvalue weighted by Crippen LogP contribution is -2.25. The van der Waals surface area contributed by atoms with Gasteiger partial charge in [-0.3, -0.25) is 0 Å². The van der Waals surface area contributed by atoms with Gasteiger partial charge in [-0.25, -0.2) is 0 Å². The lowest BCUT2D eigenvalue weighted by molar-refractivity contribution is 0.660.